The summed E-state index contributed by atoms with van der Waals surface area (Å²) in [5.74, 6) is 0.906. The van der Waals surface area contributed by atoms with Crippen LogP contribution < -0.4 is 10.1 Å². The van der Waals surface area contributed by atoms with Gasteiger partial charge in [0.25, 0.3) is 0 Å². The van der Waals surface area contributed by atoms with Crippen molar-refractivity contribution in [1.29, 1.82) is 0 Å². The molecule has 5 nitrogen and oxygen atoms in total. The number of carbonyl (C=O) groups excluding carboxylic acids is 1. The molecule has 0 spiro atoms. The van der Waals surface area contributed by atoms with Gasteiger partial charge >= 0.3 is 6.03 Å². The zero-order valence-corrected chi connectivity index (χ0v) is 12.9. The summed E-state index contributed by atoms with van der Waals surface area (Å²) >= 11 is 0. The van der Waals surface area contributed by atoms with E-state index >= 15 is 0 Å². The largest absolute Gasteiger partial charge is 0.490 e. The molecule has 3 rings (SSSR count). The third-order valence-electron chi connectivity index (χ3n) is 4.28. The Morgan fingerprint density at radius 3 is 2.68 bits per heavy atom. The van der Waals surface area contributed by atoms with E-state index in [1.54, 1.807) is 0 Å². The van der Waals surface area contributed by atoms with Crippen molar-refractivity contribution in [1.82, 2.24) is 10.2 Å². The predicted octanol–water partition coefficient (Wildman–Crippen LogP) is 2.42. The third-order valence-corrected chi connectivity index (χ3v) is 4.28. The van der Waals surface area contributed by atoms with Gasteiger partial charge in [0, 0.05) is 39.1 Å². The molecule has 0 bridgehead atoms. The van der Waals surface area contributed by atoms with E-state index < -0.39 is 0 Å². The molecule has 0 aliphatic carbocycles. The number of hydrogen-bond acceptors (Lipinski definition) is 3. The standard InChI is InChI=1S/C17H24N2O3/c20-17(18-13-16-7-4-12-21-16)19-10-8-15(9-11-19)22-14-5-2-1-3-6-14/h1-3,5-6,15-16H,4,7-13H2,(H,18,20)/t16-/m1/s1. The third kappa shape index (κ3) is 4.13. The van der Waals surface area contributed by atoms with Crippen LogP contribution in [0.5, 0.6) is 5.75 Å². The lowest BCUT2D eigenvalue weighted by Gasteiger charge is -2.32. The van der Waals surface area contributed by atoms with Crippen LogP contribution >= 0.6 is 0 Å². The van der Waals surface area contributed by atoms with Crippen molar-refractivity contribution in [2.24, 2.45) is 0 Å². The van der Waals surface area contributed by atoms with Crippen LogP contribution in [0.2, 0.25) is 0 Å². The van der Waals surface area contributed by atoms with Gasteiger partial charge in [0.1, 0.15) is 11.9 Å². The van der Waals surface area contributed by atoms with Crippen LogP contribution in [0.3, 0.4) is 0 Å². The van der Waals surface area contributed by atoms with E-state index in [0.717, 1.165) is 51.1 Å². The summed E-state index contributed by atoms with van der Waals surface area (Å²) in [6.07, 6.45) is 4.30. The van der Waals surface area contributed by atoms with Crippen molar-refractivity contribution in [3.8, 4) is 5.75 Å². The number of rotatable bonds is 4. The van der Waals surface area contributed by atoms with E-state index in [9.17, 15) is 4.79 Å². The quantitative estimate of drug-likeness (QED) is 0.929. The number of urea groups is 1. The Morgan fingerprint density at radius 2 is 2.00 bits per heavy atom. The number of hydrogen-bond donors (Lipinski definition) is 1. The van der Waals surface area contributed by atoms with Crippen LogP contribution in [0.1, 0.15) is 25.7 Å². The molecule has 2 fully saturated rings. The van der Waals surface area contributed by atoms with Crippen LogP contribution in [-0.4, -0.2) is 49.4 Å². The number of para-hydroxylation sites is 1. The minimum atomic E-state index is 0.0219. The summed E-state index contributed by atoms with van der Waals surface area (Å²) in [5.41, 5.74) is 0. The van der Waals surface area contributed by atoms with E-state index in [1.165, 1.54) is 0 Å². The summed E-state index contributed by atoms with van der Waals surface area (Å²) in [6.45, 7) is 2.94. The second-order valence-corrected chi connectivity index (χ2v) is 5.94. The maximum absolute atomic E-state index is 12.1. The lowest BCUT2D eigenvalue weighted by molar-refractivity contribution is 0.0978. The first kappa shape index (κ1) is 15.2. The summed E-state index contributed by atoms with van der Waals surface area (Å²) < 4.78 is 11.5. The molecule has 120 valence electrons. The van der Waals surface area contributed by atoms with Crippen molar-refractivity contribution in [2.45, 2.75) is 37.9 Å². The fourth-order valence-electron chi connectivity index (χ4n) is 2.99. The van der Waals surface area contributed by atoms with Crippen LogP contribution in [-0.2, 0) is 4.74 Å². The Morgan fingerprint density at radius 1 is 1.23 bits per heavy atom. The van der Waals surface area contributed by atoms with Gasteiger partial charge in [0.15, 0.2) is 0 Å². The van der Waals surface area contributed by atoms with E-state index in [0.29, 0.717) is 6.54 Å². The summed E-state index contributed by atoms with van der Waals surface area (Å²) in [4.78, 5) is 14.0. The zero-order valence-electron chi connectivity index (χ0n) is 12.9. The maximum Gasteiger partial charge on any atom is 0.317 e. The van der Waals surface area contributed by atoms with Gasteiger partial charge in [-0.25, -0.2) is 4.79 Å². The molecule has 1 N–H and O–H groups in total. The van der Waals surface area contributed by atoms with Gasteiger partial charge in [-0.2, -0.15) is 0 Å². The Labute approximate surface area is 131 Å². The van der Waals surface area contributed by atoms with Gasteiger partial charge in [-0.05, 0) is 25.0 Å². The average molecular weight is 304 g/mol. The molecule has 2 saturated heterocycles. The molecule has 0 unspecified atom stereocenters. The highest BCUT2D eigenvalue weighted by molar-refractivity contribution is 5.74. The van der Waals surface area contributed by atoms with E-state index in [-0.39, 0.29) is 18.2 Å². The Bertz CT molecular complexity index is 466. The fourth-order valence-corrected chi connectivity index (χ4v) is 2.99. The first-order chi connectivity index (χ1) is 10.8. The minimum absolute atomic E-state index is 0.0219. The fraction of sp³-hybridized carbons (Fsp3) is 0.588. The molecule has 0 radical (unpaired) electrons. The SMILES string of the molecule is O=C(NC[C@H]1CCCO1)N1CCC(Oc2ccccc2)CC1. The molecular formula is C17H24N2O3. The molecule has 2 amide bonds. The van der Waals surface area contributed by atoms with Crippen molar-refractivity contribution in [2.75, 3.05) is 26.2 Å². The first-order valence-corrected chi connectivity index (χ1v) is 8.17. The Hall–Kier alpha value is -1.75. The summed E-state index contributed by atoms with van der Waals surface area (Å²) in [5, 5.41) is 2.98. The van der Waals surface area contributed by atoms with Gasteiger partial charge in [-0.15, -0.1) is 0 Å². The molecule has 2 heterocycles. The number of nitrogens with one attached hydrogen (secondary N) is 1. The van der Waals surface area contributed by atoms with Crippen molar-refractivity contribution in [3.05, 3.63) is 30.3 Å². The first-order valence-electron chi connectivity index (χ1n) is 8.17. The number of ether oxygens (including phenoxy) is 2. The molecule has 2 aliphatic rings. The summed E-state index contributed by atoms with van der Waals surface area (Å²) in [7, 11) is 0. The minimum Gasteiger partial charge on any atom is -0.490 e. The normalized spacial score (nSPS) is 22.5. The lowest BCUT2D eigenvalue weighted by Crippen LogP contribution is -2.47. The van der Waals surface area contributed by atoms with E-state index in [2.05, 4.69) is 5.32 Å². The Balaban J connectivity index is 1.38. The maximum atomic E-state index is 12.1. The van der Waals surface area contributed by atoms with Gasteiger partial charge < -0.3 is 19.7 Å². The van der Waals surface area contributed by atoms with E-state index in [4.69, 9.17) is 9.47 Å². The number of nitrogens with zero attached hydrogens (tertiary/aromatic N) is 1. The van der Waals surface area contributed by atoms with Crippen LogP contribution in [0.4, 0.5) is 4.79 Å². The van der Waals surface area contributed by atoms with Gasteiger partial charge in [0.2, 0.25) is 0 Å². The molecule has 1 atom stereocenters. The molecule has 1 aromatic carbocycles. The highest BCUT2D eigenvalue weighted by Gasteiger charge is 2.24. The van der Waals surface area contributed by atoms with Gasteiger partial charge in [0.05, 0.1) is 6.10 Å². The van der Waals surface area contributed by atoms with Gasteiger partial charge in [-0.3, -0.25) is 0 Å². The van der Waals surface area contributed by atoms with Gasteiger partial charge in [-0.1, -0.05) is 18.2 Å². The van der Waals surface area contributed by atoms with Crippen LogP contribution in [0, 0.1) is 0 Å². The number of likely N-dealkylation sites (tertiary alicyclic amines) is 1. The number of carbonyl (C=O) groups is 1. The zero-order chi connectivity index (χ0) is 15.2. The molecular weight excluding hydrogens is 280 g/mol. The number of amides is 2. The molecule has 22 heavy (non-hydrogen) atoms. The second kappa shape index (κ2) is 7.49. The summed E-state index contributed by atoms with van der Waals surface area (Å²) in [6, 6.07) is 9.90. The van der Waals surface area contributed by atoms with Crippen molar-refractivity contribution < 1.29 is 14.3 Å². The lowest BCUT2D eigenvalue weighted by atomic mass is 10.1. The van der Waals surface area contributed by atoms with Crippen molar-refractivity contribution >= 4 is 6.03 Å². The molecule has 2 aliphatic heterocycles. The second-order valence-electron chi connectivity index (χ2n) is 5.94. The van der Waals surface area contributed by atoms with Crippen LogP contribution in [0.25, 0.3) is 0 Å². The smallest absolute Gasteiger partial charge is 0.317 e. The number of piperidine rings is 1. The molecule has 0 aromatic heterocycles. The predicted molar refractivity (Wildman–Crippen MR) is 84.0 cm³/mol. The topological polar surface area (TPSA) is 50.8 Å². The Kier molecular flexibility index (Phi) is 5.16. The number of benzene rings is 1. The monoisotopic (exact) mass is 304 g/mol. The molecule has 1 aromatic rings. The molecule has 0 saturated carbocycles. The molecule has 5 heteroatoms. The highest BCUT2D eigenvalue weighted by atomic mass is 16.5. The average Bonchev–Trinajstić information content (AvgIpc) is 3.08. The van der Waals surface area contributed by atoms with Crippen molar-refractivity contribution in [3.63, 3.8) is 0 Å². The van der Waals surface area contributed by atoms with E-state index in [1.807, 2.05) is 35.2 Å². The highest BCUT2D eigenvalue weighted by Crippen LogP contribution is 2.18. The van der Waals surface area contributed by atoms with Crippen LogP contribution in [0.15, 0.2) is 30.3 Å².